The fourth-order valence-corrected chi connectivity index (χ4v) is 10.3. The van der Waals surface area contributed by atoms with Crippen LogP contribution in [-0.4, -0.2) is 12.8 Å². The van der Waals surface area contributed by atoms with E-state index in [0.717, 1.165) is 5.92 Å². The molecule has 0 spiro atoms. The first-order valence-corrected chi connectivity index (χ1v) is 19.4. The predicted molar refractivity (Wildman–Crippen MR) is 218 cm³/mol. The highest BCUT2D eigenvalue weighted by molar-refractivity contribution is 7.00. The number of fused-ring (bicyclic) bond motifs is 6. The maximum atomic E-state index is 2.86. The van der Waals surface area contributed by atoms with E-state index in [0.29, 0.717) is 23.3 Å². The highest BCUT2D eigenvalue weighted by Crippen LogP contribution is 2.61. The second-order valence-corrected chi connectivity index (χ2v) is 20.2. The van der Waals surface area contributed by atoms with Crippen LogP contribution in [-0.2, 0) is 16.2 Å². The fraction of sp³-hybridized carbons (Fsp3) is 0.489. The van der Waals surface area contributed by atoms with Gasteiger partial charge in [0, 0.05) is 34.5 Å². The number of rotatable bonds is 2. The Labute approximate surface area is 303 Å². The average molecular weight is 663 g/mol. The molecule has 0 aromatic heterocycles. The molecule has 2 bridgehead atoms. The highest BCUT2D eigenvalue weighted by Gasteiger charge is 2.58. The number of anilines is 5. The lowest BCUT2D eigenvalue weighted by atomic mass is 9.33. The Morgan fingerprint density at radius 1 is 0.640 bits per heavy atom. The zero-order valence-corrected chi connectivity index (χ0v) is 33.1. The van der Waals surface area contributed by atoms with Crippen molar-refractivity contribution in [3.8, 4) is 0 Å². The molecule has 0 saturated heterocycles. The third-order valence-corrected chi connectivity index (χ3v) is 13.7. The molecule has 2 fully saturated rings. The zero-order valence-electron chi connectivity index (χ0n) is 33.1. The molecular formula is C47H59BN2. The van der Waals surface area contributed by atoms with E-state index in [4.69, 9.17) is 0 Å². The Morgan fingerprint density at radius 2 is 1.26 bits per heavy atom. The third-order valence-electron chi connectivity index (χ3n) is 13.7. The standard InChI is InChI=1S/C47H59BN2/c1-28-21-41-43-42(22-28)50(39-27-33-24-35(39)29(2)47(33,12)13)38-20-18-31(45(6,7)8)25-37(38)48(43)36-19-17-32(46(9,10)11)26-40(36)49(41)34-16-14-15-30(23-34)44(3,4)5/h14-23,25-26,29,33,35,39H,24,27H2,1-13H3. The SMILES string of the molecule is Cc1cc2c3c(c1)N(C1CC4CC1C(C)C4(C)C)c1ccc(C(C)(C)C)cc1B3c1ccc(C(C)(C)C)cc1N2c1cccc(C(C)(C)C)c1. The maximum Gasteiger partial charge on any atom is 0.252 e. The quantitative estimate of drug-likeness (QED) is 0.174. The molecule has 4 aromatic carbocycles. The van der Waals surface area contributed by atoms with Crippen molar-refractivity contribution in [2.75, 3.05) is 9.80 Å². The average Bonchev–Trinajstić information content (AvgIpc) is 3.56. The van der Waals surface area contributed by atoms with Crippen molar-refractivity contribution in [3.63, 3.8) is 0 Å². The summed E-state index contributed by atoms with van der Waals surface area (Å²) in [6.07, 6.45) is 2.63. The van der Waals surface area contributed by atoms with Crippen molar-refractivity contribution >= 4 is 51.5 Å². The second kappa shape index (κ2) is 10.8. The molecule has 3 heteroatoms. The molecule has 2 nitrogen and oxygen atoms in total. The van der Waals surface area contributed by atoms with E-state index in [9.17, 15) is 0 Å². The van der Waals surface area contributed by atoms with Gasteiger partial charge >= 0.3 is 0 Å². The van der Waals surface area contributed by atoms with Crippen LogP contribution in [0.4, 0.5) is 28.4 Å². The molecule has 0 amide bonds. The Morgan fingerprint density at radius 3 is 1.90 bits per heavy atom. The summed E-state index contributed by atoms with van der Waals surface area (Å²) in [4.78, 5) is 5.49. The van der Waals surface area contributed by atoms with Crippen LogP contribution in [0.25, 0.3) is 0 Å². The van der Waals surface area contributed by atoms with Crippen molar-refractivity contribution in [3.05, 3.63) is 95.1 Å². The number of hydrogen-bond donors (Lipinski definition) is 0. The summed E-state index contributed by atoms with van der Waals surface area (Å²) in [5.41, 5.74) is 17.3. The van der Waals surface area contributed by atoms with Gasteiger partial charge in [0.1, 0.15) is 0 Å². The number of hydrogen-bond acceptors (Lipinski definition) is 2. The van der Waals surface area contributed by atoms with E-state index in [1.54, 1.807) is 0 Å². The van der Waals surface area contributed by atoms with Gasteiger partial charge in [0.15, 0.2) is 0 Å². The molecule has 4 atom stereocenters. The van der Waals surface area contributed by atoms with Crippen LogP contribution >= 0.6 is 0 Å². The van der Waals surface area contributed by atoms with Crippen molar-refractivity contribution in [2.24, 2.45) is 23.2 Å². The molecule has 2 aliphatic heterocycles. The summed E-state index contributed by atoms with van der Waals surface area (Å²) in [6, 6.07) is 29.9. The zero-order chi connectivity index (χ0) is 35.9. The molecule has 260 valence electrons. The van der Waals surface area contributed by atoms with E-state index >= 15 is 0 Å². The lowest BCUT2D eigenvalue weighted by Gasteiger charge is -2.50. The lowest BCUT2D eigenvalue weighted by molar-refractivity contribution is 0.123. The van der Waals surface area contributed by atoms with Crippen molar-refractivity contribution < 1.29 is 0 Å². The highest BCUT2D eigenvalue weighted by atomic mass is 15.2. The van der Waals surface area contributed by atoms with Crippen LogP contribution in [0.2, 0.25) is 0 Å². The predicted octanol–water partition coefficient (Wildman–Crippen LogP) is 10.7. The molecular weight excluding hydrogens is 603 g/mol. The number of aryl methyl sites for hydroxylation is 1. The van der Waals surface area contributed by atoms with Crippen molar-refractivity contribution in [1.29, 1.82) is 0 Å². The van der Waals surface area contributed by atoms with Gasteiger partial charge in [-0.25, -0.2) is 0 Å². The Balaban J connectivity index is 1.44. The first-order valence-electron chi connectivity index (χ1n) is 19.4. The van der Waals surface area contributed by atoms with Gasteiger partial charge in [-0.1, -0.05) is 119 Å². The van der Waals surface area contributed by atoms with Gasteiger partial charge in [-0.05, 0) is 134 Å². The van der Waals surface area contributed by atoms with Crippen LogP contribution in [0.5, 0.6) is 0 Å². The van der Waals surface area contributed by atoms with Gasteiger partial charge in [-0.3, -0.25) is 0 Å². The van der Waals surface area contributed by atoms with Crippen LogP contribution in [0, 0.1) is 30.1 Å². The first kappa shape index (κ1) is 33.7. The first-order chi connectivity index (χ1) is 23.3. The van der Waals surface area contributed by atoms with Crippen molar-refractivity contribution in [1.82, 2.24) is 0 Å². The Kier molecular flexibility index (Phi) is 7.26. The molecule has 0 radical (unpaired) electrons. The molecule has 4 unspecified atom stereocenters. The van der Waals surface area contributed by atoms with Crippen LogP contribution in [0.1, 0.15) is 118 Å². The van der Waals surface area contributed by atoms with Crippen LogP contribution in [0.15, 0.2) is 72.8 Å². The minimum Gasteiger partial charge on any atom is -0.339 e. The van der Waals surface area contributed by atoms with Gasteiger partial charge < -0.3 is 9.80 Å². The third kappa shape index (κ3) is 4.96. The second-order valence-electron chi connectivity index (χ2n) is 20.2. The molecule has 2 aliphatic carbocycles. The van der Waals surface area contributed by atoms with E-state index < -0.39 is 0 Å². The van der Waals surface area contributed by atoms with E-state index in [2.05, 4.69) is 173 Å². The van der Waals surface area contributed by atoms with Gasteiger partial charge in [-0.2, -0.15) is 0 Å². The Bertz CT molecular complexity index is 2010. The summed E-state index contributed by atoms with van der Waals surface area (Å²) in [7, 11) is 0. The topological polar surface area (TPSA) is 6.48 Å². The summed E-state index contributed by atoms with van der Waals surface area (Å²) in [6.45, 7) is 31.2. The molecule has 2 heterocycles. The van der Waals surface area contributed by atoms with Gasteiger partial charge in [0.05, 0.1) is 0 Å². The molecule has 2 saturated carbocycles. The summed E-state index contributed by atoms with van der Waals surface area (Å²) >= 11 is 0. The molecule has 50 heavy (non-hydrogen) atoms. The summed E-state index contributed by atoms with van der Waals surface area (Å²) in [5, 5.41) is 0. The smallest absolute Gasteiger partial charge is 0.252 e. The normalized spacial score (nSPS) is 23.6. The fourth-order valence-electron chi connectivity index (χ4n) is 10.3. The van der Waals surface area contributed by atoms with Crippen LogP contribution < -0.4 is 26.2 Å². The monoisotopic (exact) mass is 662 g/mol. The van der Waals surface area contributed by atoms with Crippen LogP contribution in [0.3, 0.4) is 0 Å². The minimum atomic E-state index is 0.0406. The molecule has 8 rings (SSSR count). The van der Waals surface area contributed by atoms with Gasteiger partial charge in [0.25, 0.3) is 6.71 Å². The van der Waals surface area contributed by atoms with Crippen molar-refractivity contribution in [2.45, 2.75) is 125 Å². The summed E-state index contributed by atoms with van der Waals surface area (Å²) < 4.78 is 0. The van der Waals surface area contributed by atoms with E-state index in [1.807, 2.05) is 0 Å². The maximum absolute atomic E-state index is 2.86. The molecule has 4 aliphatic rings. The number of benzene rings is 4. The lowest BCUT2D eigenvalue weighted by Crippen LogP contribution is -2.63. The van der Waals surface area contributed by atoms with Gasteiger partial charge in [0.2, 0.25) is 0 Å². The summed E-state index contributed by atoms with van der Waals surface area (Å²) in [5.74, 6) is 2.18. The minimum absolute atomic E-state index is 0.0406. The van der Waals surface area contributed by atoms with E-state index in [1.165, 1.54) is 79.9 Å². The van der Waals surface area contributed by atoms with Gasteiger partial charge in [-0.15, -0.1) is 0 Å². The van der Waals surface area contributed by atoms with E-state index in [-0.39, 0.29) is 23.0 Å². The molecule has 0 N–H and O–H groups in total. The molecule has 4 aromatic rings. The Hall–Kier alpha value is -3.46. The number of nitrogens with zero attached hydrogens (tertiary/aromatic N) is 2. The largest absolute Gasteiger partial charge is 0.339 e.